The molecule has 2 aromatic carbocycles. The maximum atomic E-state index is 13.4. The summed E-state index contributed by atoms with van der Waals surface area (Å²) in [7, 11) is 5.59. The largest absolute Gasteiger partial charge is 0.460 e. The molecule has 1 aliphatic rings. The second kappa shape index (κ2) is 9.50. The number of hydrogen-bond acceptors (Lipinski definition) is 6. The van der Waals surface area contributed by atoms with Gasteiger partial charge in [-0.05, 0) is 35.7 Å². The number of ether oxygens (including phenoxy) is 1. The summed E-state index contributed by atoms with van der Waals surface area (Å²) in [5.74, 6) is 0.273. The standard InChI is InChI=1S/C26H29ClN4O3/c1-6-21-25(29-23-18-10-8-7-9-16(18)13-22(23)34-15(2)32)31(5)26(33)24(28-21)19-12-11-17(30(3)4)14-20(19)27/h7-12,14,22-23,29H,6,13H2,1-5H3/t22-,23+/m0/s1. The number of esters is 1. The van der Waals surface area contributed by atoms with Crippen LogP contribution in [0, 0.1) is 0 Å². The zero-order valence-electron chi connectivity index (χ0n) is 20.1. The number of aromatic nitrogens is 2. The van der Waals surface area contributed by atoms with Crippen LogP contribution < -0.4 is 15.8 Å². The van der Waals surface area contributed by atoms with E-state index in [1.165, 1.54) is 6.92 Å². The number of benzene rings is 2. The summed E-state index contributed by atoms with van der Waals surface area (Å²) in [6, 6.07) is 13.3. The molecule has 0 unspecified atom stereocenters. The molecule has 0 bridgehead atoms. The van der Waals surface area contributed by atoms with Crippen molar-refractivity contribution in [2.75, 3.05) is 24.3 Å². The lowest BCUT2D eigenvalue weighted by Gasteiger charge is -2.25. The van der Waals surface area contributed by atoms with Crippen molar-refractivity contribution in [3.8, 4) is 11.3 Å². The molecule has 34 heavy (non-hydrogen) atoms. The number of rotatable bonds is 6. The SMILES string of the molecule is CCc1nc(-c2ccc(N(C)C)cc2Cl)c(=O)n(C)c1N[C@@H]1c2ccccc2C[C@@H]1OC(C)=O. The number of nitrogens with one attached hydrogen (secondary N) is 1. The first-order valence-corrected chi connectivity index (χ1v) is 11.7. The molecular formula is C26H29ClN4O3. The van der Waals surface area contributed by atoms with Gasteiger partial charge in [0.25, 0.3) is 5.56 Å². The maximum absolute atomic E-state index is 13.4. The van der Waals surface area contributed by atoms with Gasteiger partial charge in [-0.1, -0.05) is 42.8 Å². The highest BCUT2D eigenvalue weighted by Gasteiger charge is 2.35. The van der Waals surface area contributed by atoms with Crippen LogP contribution in [0.3, 0.4) is 0 Å². The monoisotopic (exact) mass is 480 g/mol. The molecule has 2 atom stereocenters. The molecule has 8 heteroatoms. The maximum Gasteiger partial charge on any atom is 0.302 e. The Morgan fingerprint density at radius 3 is 2.65 bits per heavy atom. The van der Waals surface area contributed by atoms with Crippen LogP contribution in [0.1, 0.15) is 36.7 Å². The quantitative estimate of drug-likeness (QED) is 0.528. The van der Waals surface area contributed by atoms with Gasteiger partial charge >= 0.3 is 5.97 Å². The lowest BCUT2D eigenvalue weighted by Crippen LogP contribution is -2.31. The lowest BCUT2D eigenvalue weighted by molar-refractivity contribution is -0.146. The molecule has 1 aromatic heterocycles. The summed E-state index contributed by atoms with van der Waals surface area (Å²) in [6.07, 6.45) is 0.841. The van der Waals surface area contributed by atoms with E-state index in [1.807, 2.05) is 68.4 Å². The van der Waals surface area contributed by atoms with Gasteiger partial charge in [-0.25, -0.2) is 4.98 Å². The van der Waals surface area contributed by atoms with Crippen LogP contribution in [-0.2, 0) is 29.4 Å². The number of aryl methyl sites for hydroxylation is 1. The predicted molar refractivity (Wildman–Crippen MR) is 136 cm³/mol. The molecule has 0 fully saturated rings. The molecule has 4 rings (SSSR count). The van der Waals surface area contributed by atoms with E-state index in [2.05, 4.69) is 5.32 Å². The van der Waals surface area contributed by atoms with E-state index in [0.717, 1.165) is 22.5 Å². The van der Waals surface area contributed by atoms with E-state index in [-0.39, 0.29) is 23.7 Å². The average molecular weight is 481 g/mol. The summed E-state index contributed by atoms with van der Waals surface area (Å²) < 4.78 is 7.20. The van der Waals surface area contributed by atoms with Crippen LogP contribution in [0.25, 0.3) is 11.3 Å². The number of halogens is 1. The summed E-state index contributed by atoms with van der Waals surface area (Å²) in [6.45, 7) is 3.40. The Morgan fingerprint density at radius 1 is 1.26 bits per heavy atom. The van der Waals surface area contributed by atoms with Crippen LogP contribution in [0.15, 0.2) is 47.3 Å². The van der Waals surface area contributed by atoms with Crippen LogP contribution in [0.5, 0.6) is 0 Å². The highest BCUT2D eigenvalue weighted by atomic mass is 35.5. The summed E-state index contributed by atoms with van der Waals surface area (Å²) in [4.78, 5) is 31.9. The van der Waals surface area contributed by atoms with Crippen molar-refractivity contribution in [1.29, 1.82) is 0 Å². The van der Waals surface area contributed by atoms with E-state index in [0.29, 0.717) is 34.9 Å². The summed E-state index contributed by atoms with van der Waals surface area (Å²) in [5, 5.41) is 3.95. The Labute approximate surface area is 204 Å². The van der Waals surface area contributed by atoms with Gasteiger partial charge in [-0.3, -0.25) is 14.2 Å². The van der Waals surface area contributed by atoms with Gasteiger partial charge in [0.2, 0.25) is 0 Å². The van der Waals surface area contributed by atoms with Crippen molar-refractivity contribution in [1.82, 2.24) is 9.55 Å². The minimum absolute atomic E-state index is 0.255. The third-order valence-electron chi connectivity index (χ3n) is 6.21. The van der Waals surface area contributed by atoms with Gasteiger partial charge in [0.05, 0.1) is 16.8 Å². The molecule has 0 aliphatic heterocycles. The van der Waals surface area contributed by atoms with E-state index < -0.39 is 0 Å². The third kappa shape index (κ3) is 4.40. The second-order valence-corrected chi connectivity index (χ2v) is 9.11. The third-order valence-corrected chi connectivity index (χ3v) is 6.53. The predicted octanol–water partition coefficient (Wildman–Crippen LogP) is 4.37. The van der Waals surface area contributed by atoms with E-state index in [9.17, 15) is 9.59 Å². The Bertz CT molecular complexity index is 1300. The fourth-order valence-electron chi connectivity index (χ4n) is 4.47. The van der Waals surface area contributed by atoms with Crippen LogP contribution >= 0.6 is 11.6 Å². The molecular weight excluding hydrogens is 452 g/mol. The first-order chi connectivity index (χ1) is 16.2. The zero-order valence-corrected chi connectivity index (χ0v) is 20.8. The van der Waals surface area contributed by atoms with Crippen molar-refractivity contribution in [3.05, 3.63) is 74.7 Å². The first kappa shape index (κ1) is 23.8. The minimum atomic E-state index is -0.373. The Hall–Kier alpha value is -3.32. The Morgan fingerprint density at radius 2 is 2.00 bits per heavy atom. The number of hydrogen-bond donors (Lipinski definition) is 1. The minimum Gasteiger partial charge on any atom is -0.460 e. The molecule has 1 N–H and O–H groups in total. The van der Waals surface area contributed by atoms with Gasteiger partial charge in [0.1, 0.15) is 17.6 Å². The normalized spacial score (nSPS) is 16.8. The lowest BCUT2D eigenvalue weighted by atomic mass is 10.1. The molecule has 1 aliphatic carbocycles. The van der Waals surface area contributed by atoms with E-state index in [4.69, 9.17) is 21.3 Å². The molecule has 178 valence electrons. The van der Waals surface area contributed by atoms with Gasteiger partial charge < -0.3 is 15.0 Å². The number of carbonyl (C=O) groups is 1. The Balaban J connectivity index is 1.77. The molecule has 3 aromatic rings. The van der Waals surface area contributed by atoms with Gasteiger partial charge in [0, 0.05) is 45.7 Å². The molecule has 0 radical (unpaired) electrons. The van der Waals surface area contributed by atoms with Gasteiger partial charge in [-0.2, -0.15) is 0 Å². The smallest absolute Gasteiger partial charge is 0.302 e. The molecule has 1 heterocycles. The fraction of sp³-hybridized carbons (Fsp3) is 0.346. The summed E-state index contributed by atoms with van der Waals surface area (Å²) in [5.41, 5.74) is 4.49. The molecule has 0 saturated carbocycles. The van der Waals surface area contributed by atoms with Crippen LogP contribution in [0.2, 0.25) is 5.02 Å². The topological polar surface area (TPSA) is 76.5 Å². The Kier molecular flexibility index (Phi) is 6.66. The van der Waals surface area contributed by atoms with Crippen LogP contribution in [-0.4, -0.2) is 35.7 Å². The molecule has 0 amide bonds. The zero-order chi connectivity index (χ0) is 24.6. The number of fused-ring (bicyclic) bond motifs is 1. The highest BCUT2D eigenvalue weighted by molar-refractivity contribution is 6.33. The van der Waals surface area contributed by atoms with Crippen molar-refractivity contribution >= 4 is 29.1 Å². The number of carbonyl (C=O) groups excluding carboxylic acids is 1. The van der Waals surface area contributed by atoms with E-state index >= 15 is 0 Å². The fourth-order valence-corrected chi connectivity index (χ4v) is 4.73. The van der Waals surface area contributed by atoms with Gasteiger partial charge in [-0.15, -0.1) is 0 Å². The average Bonchev–Trinajstić information content (AvgIpc) is 3.13. The number of nitrogens with zero attached hydrogens (tertiary/aromatic N) is 3. The molecule has 0 spiro atoms. The highest BCUT2D eigenvalue weighted by Crippen LogP contribution is 2.37. The second-order valence-electron chi connectivity index (χ2n) is 8.70. The first-order valence-electron chi connectivity index (χ1n) is 11.3. The van der Waals surface area contributed by atoms with Crippen LogP contribution in [0.4, 0.5) is 11.5 Å². The number of anilines is 2. The molecule has 7 nitrogen and oxygen atoms in total. The van der Waals surface area contributed by atoms with Crippen molar-refractivity contribution in [3.63, 3.8) is 0 Å². The molecule has 0 saturated heterocycles. The van der Waals surface area contributed by atoms with Crippen molar-refractivity contribution in [2.24, 2.45) is 7.05 Å². The summed E-state index contributed by atoms with van der Waals surface area (Å²) >= 11 is 6.55. The van der Waals surface area contributed by atoms with E-state index in [1.54, 1.807) is 11.6 Å². The van der Waals surface area contributed by atoms with Crippen molar-refractivity contribution < 1.29 is 9.53 Å². The van der Waals surface area contributed by atoms with Crippen molar-refractivity contribution in [2.45, 2.75) is 38.8 Å². The van der Waals surface area contributed by atoms with Gasteiger partial charge in [0.15, 0.2) is 0 Å².